The molecular weight excluding hydrogens is 194 g/mol. The Labute approximate surface area is 101 Å². The van der Waals surface area contributed by atoms with Crippen molar-refractivity contribution in [2.75, 3.05) is 6.54 Å². The van der Waals surface area contributed by atoms with Crippen LogP contribution >= 0.6 is 0 Å². The number of hydrogen-bond donors (Lipinski definition) is 0. The Hall–Kier alpha value is -0.0400. The van der Waals surface area contributed by atoms with Crippen LogP contribution in [0.15, 0.2) is 0 Å². The fourth-order valence-corrected chi connectivity index (χ4v) is 4.94. The topological polar surface area (TPSA) is 3.24 Å². The molecule has 1 saturated heterocycles. The van der Waals surface area contributed by atoms with E-state index in [-0.39, 0.29) is 0 Å². The van der Waals surface area contributed by atoms with Crippen molar-refractivity contribution in [3.63, 3.8) is 0 Å². The summed E-state index contributed by atoms with van der Waals surface area (Å²) in [5, 5.41) is 0. The highest BCUT2D eigenvalue weighted by atomic mass is 15.2. The lowest BCUT2D eigenvalue weighted by atomic mass is 9.73. The molecule has 0 radical (unpaired) electrons. The summed E-state index contributed by atoms with van der Waals surface area (Å²) in [7, 11) is 0. The third kappa shape index (κ3) is 1.72. The van der Waals surface area contributed by atoms with E-state index in [1.807, 2.05) is 0 Å². The summed E-state index contributed by atoms with van der Waals surface area (Å²) in [4.78, 5) is 2.94. The van der Waals surface area contributed by atoms with E-state index in [2.05, 4.69) is 11.8 Å². The summed E-state index contributed by atoms with van der Waals surface area (Å²) in [5.41, 5.74) is 0. The van der Waals surface area contributed by atoms with Gasteiger partial charge in [-0.25, -0.2) is 0 Å². The number of rotatable bonds is 2. The molecule has 2 saturated carbocycles. The Morgan fingerprint density at radius 3 is 1.81 bits per heavy atom. The van der Waals surface area contributed by atoms with Gasteiger partial charge < -0.3 is 0 Å². The van der Waals surface area contributed by atoms with Crippen LogP contribution in [0.2, 0.25) is 0 Å². The van der Waals surface area contributed by atoms with Crippen LogP contribution in [0.5, 0.6) is 0 Å². The fraction of sp³-hybridized carbons (Fsp3) is 1.00. The Morgan fingerprint density at radius 1 is 0.812 bits per heavy atom. The van der Waals surface area contributed by atoms with Crippen molar-refractivity contribution < 1.29 is 0 Å². The first-order chi connectivity index (χ1) is 7.92. The van der Waals surface area contributed by atoms with E-state index in [1.165, 1.54) is 51.5 Å². The molecule has 16 heavy (non-hydrogen) atoms. The molecule has 0 aromatic rings. The molecule has 0 spiro atoms. The quantitative estimate of drug-likeness (QED) is 0.685. The fourth-order valence-electron chi connectivity index (χ4n) is 4.94. The highest BCUT2D eigenvalue weighted by molar-refractivity contribution is 5.02. The van der Waals surface area contributed by atoms with Crippen molar-refractivity contribution in [2.24, 2.45) is 11.8 Å². The second-order valence-electron chi connectivity index (χ2n) is 6.27. The minimum atomic E-state index is 0.988. The van der Waals surface area contributed by atoms with E-state index < -0.39 is 0 Å². The van der Waals surface area contributed by atoms with Gasteiger partial charge in [-0.15, -0.1) is 0 Å². The summed E-state index contributed by atoms with van der Waals surface area (Å²) < 4.78 is 0. The van der Waals surface area contributed by atoms with Gasteiger partial charge in [-0.1, -0.05) is 32.6 Å². The van der Waals surface area contributed by atoms with Crippen molar-refractivity contribution in [2.45, 2.75) is 76.8 Å². The van der Waals surface area contributed by atoms with Crippen LogP contribution < -0.4 is 0 Å². The molecule has 1 heterocycles. The second kappa shape index (κ2) is 4.68. The lowest BCUT2D eigenvalue weighted by molar-refractivity contribution is 0.139. The second-order valence-corrected chi connectivity index (χ2v) is 6.27. The van der Waals surface area contributed by atoms with Gasteiger partial charge >= 0.3 is 0 Å². The van der Waals surface area contributed by atoms with Crippen LogP contribution in [0.4, 0.5) is 0 Å². The van der Waals surface area contributed by atoms with Gasteiger partial charge in [0, 0.05) is 12.1 Å². The lowest BCUT2D eigenvalue weighted by Crippen LogP contribution is -2.40. The highest BCUT2D eigenvalue weighted by Crippen LogP contribution is 2.48. The molecule has 4 atom stereocenters. The van der Waals surface area contributed by atoms with Crippen LogP contribution in [0, 0.1) is 11.8 Å². The van der Waals surface area contributed by atoms with Crippen LogP contribution in [0.3, 0.4) is 0 Å². The van der Waals surface area contributed by atoms with Crippen LogP contribution in [-0.2, 0) is 0 Å². The number of hydrogen-bond acceptors (Lipinski definition) is 1. The first-order valence-corrected chi connectivity index (χ1v) is 7.67. The molecule has 0 amide bonds. The van der Waals surface area contributed by atoms with Gasteiger partial charge in [0.15, 0.2) is 0 Å². The molecule has 3 rings (SSSR count). The predicted molar refractivity (Wildman–Crippen MR) is 68.5 cm³/mol. The van der Waals surface area contributed by atoms with E-state index in [9.17, 15) is 0 Å². The van der Waals surface area contributed by atoms with Crippen LogP contribution in [-0.4, -0.2) is 23.5 Å². The minimum Gasteiger partial charge on any atom is -0.297 e. The van der Waals surface area contributed by atoms with Crippen molar-refractivity contribution in [3.8, 4) is 0 Å². The van der Waals surface area contributed by atoms with E-state index in [0.717, 1.165) is 23.9 Å². The van der Waals surface area contributed by atoms with Crippen LogP contribution in [0.25, 0.3) is 0 Å². The van der Waals surface area contributed by atoms with Gasteiger partial charge in [0.1, 0.15) is 0 Å². The first kappa shape index (κ1) is 11.1. The summed E-state index contributed by atoms with van der Waals surface area (Å²) >= 11 is 0. The molecular formula is C15H27N. The molecule has 0 N–H and O–H groups in total. The Morgan fingerprint density at radius 2 is 1.31 bits per heavy atom. The van der Waals surface area contributed by atoms with Gasteiger partial charge in [-0.05, 0) is 50.5 Å². The number of nitrogens with zero attached hydrogens (tertiary/aromatic N) is 1. The first-order valence-electron chi connectivity index (χ1n) is 7.67. The maximum atomic E-state index is 2.94. The van der Waals surface area contributed by atoms with Gasteiger partial charge in [-0.2, -0.15) is 0 Å². The van der Waals surface area contributed by atoms with Crippen molar-refractivity contribution in [1.82, 2.24) is 4.90 Å². The zero-order valence-electron chi connectivity index (χ0n) is 10.8. The zero-order chi connectivity index (χ0) is 11.0. The van der Waals surface area contributed by atoms with Crippen molar-refractivity contribution in [3.05, 3.63) is 0 Å². The maximum Gasteiger partial charge on any atom is 0.0130 e. The third-order valence-electron chi connectivity index (χ3n) is 5.45. The summed E-state index contributed by atoms with van der Waals surface area (Å²) in [6.45, 7) is 3.73. The molecule has 1 heteroatoms. The summed E-state index contributed by atoms with van der Waals surface area (Å²) in [5.74, 6) is 2.18. The molecule has 3 aliphatic rings. The smallest absolute Gasteiger partial charge is 0.0130 e. The van der Waals surface area contributed by atoms with E-state index in [4.69, 9.17) is 0 Å². The molecule has 1 aliphatic heterocycles. The summed E-state index contributed by atoms with van der Waals surface area (Å²) in [6, 6.07) is 1.98. The molecule has 0 bridgehead atoms. The Balaban J connectivity index is 1.80. The predicted octanol–water partition coefficient (Wildman–Crippen LogP) is 3.83. The standard InChI is InChI=1S/C15H27N/c1-2-11-16-14-9-5-3-7-12(14)13-8-4-6-10-15(13)16/h12-15H,2-11H2,1H3. The SMILES string of the molecule is CCCN1C2CCCCC2C2CCCCC21. The molecule has 3 fully saturated rings. The van der Waals surface area contributed by atoms with Crippen molar-refractivity contribution >= 4 is 0 Å². The molecule has 0 aromatic heterocycles. The Kier molecular flexibility index (Phi) is 3.24. The average Bonchev–Trinajstić information content (AvgIpc) is 2.66. The zero-order valence-corrected chi connectivity index (χ0v) is 10.8. The van der Waals surface area contributed by atoms with Crippen molar-refractivity contribution in [1.29, 1.82) is 0 Å². The van der Waals surface area contributed by atoms with Crippen LogP contribution in [0.1, 0.15) is 64.7 Å². The molecule has 1 nitrogen and oxygen atoms in total. The maximum absolute atomic E-state index is 2.94. The largest absolute Gasteiger partial charge is 0.297 e. The third-order valence-corrected chi connectivity index (χ3v) is 5.45. The minimum absolute atomic E-state index is 0.988. The molecule has 0 aromatic carbocycles. The molecule has 2 aliphatic carbocycles. The van der Waals surface area contributed by atoms with Gasteiger partial charge in [0.25, 0.3) is 0 Å². The van der Waals surface area contributed by atoms with Gasteiger partial charge in [0.05, 0.1) is 0 Å². The monoisotopic (exact) mass is 221 g/mol. The highest BCUT2D eigenvalue weighted by Gasteiger charge is 2.48. The van der Waals surface area contributed by atoms with E-state index in [1.54, 1.807) is 12.8 Å². The lowest BCUT2D eigenvalue weighted by Gasteiger charge is -2.34. The number of fused-ring (bicyclic) bond motifs is 3. The van der Waals surface area contributed by atoms with Gasteiger partial charge in [-0.3, -0.25) is 4.90 Å². The molecule has 4 unspecified atom stereocenters. The number of likely N-dealkylation sites (tertiary alicyclic amines) is 1. The molecule has 92 valence electrons. The van der Waals surface area contributed by atoms with E-state index in [0.29, 0.717) is 0 Å². The Bertz CT molecular complexity index is 216. The average molecular weight is 221 g/mol. The van der Waals surface area contributed by atoms with Gasteiger partial charge in [0.2, 0.25) is 0 Å². The van der Waals surface area contributed by atoms with E-state index >= 15 is 0 Å². The summed E-state index contributed by atoms with van der Waals surface area (Å²) in [6.07, 6.45) is 13.5. The normalized spacial score (nSPS) is 44.1.